The third-order valence-electron chi connectivity index (χ3n) is 0.333. The average Bonchev–Trinajstić information content (AvgIpc) is 1.83. The maximum absolute atomic E-state index is 9.88. The lowest BCUT2D eigenvalue weighted by Crippen LogP contribution is -1.83. The lowest BCUT2D eigenvalue weighted by Gasteiger charge is -1.57. The second-order valence-corrected chi connectivity index (χ2v) is 0.803. The molecule has 0 amide bonds. The predicted molar refractivity (Wildman–Crippen MR) is 24.0 cm³/mol. The summed E-state index contributed by atoms with van der Waals surface area (Å²) < 4.78 is 0. The second-order valence-electron chi connectivity index (χ2n) is 0.803. The maximum Gasteiger partial charge on any atom is 0.306 e. The number of carbonyl (C=O) groups is 1. The third kappa shape index (κ3) is 2.45. The Balaban J connectivity index is 4.00. The number of Topliss-reactive ketones (excluding diaryl/α,β-unsaturated/α-hetero) is 1. The molecule has 0 spiro atoms. The smallest absolute Gasteiger partial charge is 0.267 e. The van der Waals surface area contributed by atoms with Crippen LogP contribution in [-0.4, -0.2) is 5.78 Å². The highest BCUT2D eigenvalue weighted by Crippen LogP contribution is 1.59. The zero-order valence-corrected chi connectivity index (χ0v) is 3.80. The van der Waals surface area contributed by atoms with Crippen molar-refractivity contribution in [3.63, 3.8) is 0 Å². The summed E-state index contributed by atoms with van der Waals surface area (Å²) >= 11 is 0. The molecule has 0 aromatic heterocycles. The highest BCUT2D eigenvalue weighted by molar-refractivity contribution is 6.07. The van der Waals surface area contributed by atoms with Crippen molar-refractivity contribution >= 4 is 5.78 Å². The van der Waals surface area contributed by atoms with E-state index < -0.39 is 5.78 Å². The minimum atomic E-state index is -0.883. The summed E-state index contributed by atoms with van der Waals surface area (Å²) in [5, 5.41) is 15.5. The van der Waals surface area contributed by atoms with Crippen LogP contribution >= 0.6 is 0 Å². The Labute approximate surface area is 46.1 Å². The molecule has 3 heteroatoms. The van der Waals surface area contributed by atoms with Gasteiger partial charge in [0.1, 0.15) is 0 Å². The molecule has 0 N–H and O–H groups in total. The van der Waals surface area contributed by atoms with Crippen molar-refractivity contribution in [3.8, 4) is 24.0 Å². The van der Waals surface area contributed by atoms with Crippen LogP contribution in [0, 0.1) is 34.5 Å². The van der Waals surface area contributed by atoms with Gasteiger partial charge in [-0.05, 0) is 0 Å². The summed E-state index contributed by atoms with van der Waals surface area (Å²) in [5.74, 6) is 2.67. The molecule has 0 heterocycles. The third-order valence-corrected chi connectivity index (χ3v) is 0.333. The van der Waals surface area contributed by atoms with E-state index in [1.165, 1.54) is 12.1 Å². The van der Waals surface area contributed by atoms with Crippen LogP contribution in [0.15, 0.2) is 0 Å². The van der Waals surface area contributed by atoms with Gasteiger partial charge in [0.05, 0.1) is 0 Å². The van der Waals surface area contributed by atoms with Gasteiger partial charge in [-0.25, -0.2) is 0 Å². The second kappa shape index (κ2) is 3.40. The molecule has 8 heavy (non-hydrogen) atoms. The van der Waals surface area contributed by atoms with Crippen LogP contribution in [0.25, 0.3) is 0 Å². The molecule has 0 bridgehead atoms. The Bertz CT molecular complexity index is 230. The molecule has 0 rings (SSSR count). The van der Waals surface area contributed by atoms with Crippen molar-refractivity contribution in [2.45, 2.75) is 0 Å². The Kier molecular flexibility index (Phi) is 2.64. The molecular weight excluding hydrogens is 104 g/mol. The normalized spacial score (nSPS) is 4.75. The van der Waals surface area contributed by atoms with Crippen LogP contribution in [-0.2, 0) is 4.79 Å². The quantitative estimate of drug-likeness (QED) is 0.239. The molecule has 0 aromatic carbocycles. The van der Waals surface area contributed by atoms with Crippen molar-refractivity contribution in [2.24, 2.45) is 0 Å². The van der Waals surface area contributed by atoms with E-state index in [4.69, 9.17) is 10.5 Å². The fourth-order valence-electron chi connectivity index (χ4n) is 0.113. The van der Waals surface area contributed by atoms with Gasteiger partial charge in [0.15, 0.2) is 12.1 Å². The first-order valence-corrected chi connectivity index (χ1v) is 1.65. The predicted octanol–water partition coefficient (Wildman–Crippen LogP) is -0.394. The van der Waals surface area contributed by atoms with Crippen LogP contribution in [0.2, 0.25) is 0 Å². The van der Waals surface area contributed by atoms with Gasteiger partial charge in [-0.2, -0.15) is 10.5 Å². The Morgan fingerprint density at radius 3 is 2.38 bits per heavy atom. The van der Waals surface area contributed by atoms with Crippen LogP contribution in [0.1, 0.15) is 0 Å². The van der Waals surface area contributed by atoms with E-state index in [1.807, 2.05) is 0 Å². The highest BCUT2D eigenvalue weighted by atomic mass is 16.1. The number of carbonyl (C=O) groups excluding carboxylic acids is 1. The van der Waals surface area contributed by atoms with E-state index in [0.717, 1.165) is 0 Å². The molecular formula is C5N2O. The van der Waals surface area contributed by atoms with Gasteiger partial charge in [-0.3, -0.25) is 4.79 Å². The van der Waals surface area contributed by atoms with Crippen molar-refractivity contribution in [2.75, 3.05) is 0 Å². The van der Waals surface area contributed by atoms with Crippen LogP contribution in [0.5, 0.6) is 0 Å². The van der Waals surface area contributed by atoms with Crippen molar-refractivity contribution in [3.05, 3.63) is 0 Å². The van der Waals surface area contributed by atoms with E-state index in [-0.39, 0.29) is 0 Å². The fraction of sp³-hybridized carbons (Fsp3) is 0. The molecule has 3 nitrogen and oxygen atoms in total. The van der Waals surface area contributed by atoms with Gasteiger partial charge < -0.3 is 0 Å². The summed E-state index contributed by atoms with van der Waals surface area (Å²) in [6.45, 7) is 0. The van der Waals surface area contributed by atoms with E-state index in [0.29, 0.717) is 0 Å². The zero-order valence-electron chi connectivity index (χ0n) is 3.80. The van der Waals surface area contributed by atoms with E-state index in [1.54, 1.807) is 11.8 Å². The summed E-state index contributed by atoms with van der Waals surface area (Å²) in [6.07, 6.45) is 0. The summed E-state index contributed by atoms with van der Waals surface area (Å²) in [4.78, 5) is 9.88. The minimum Gasteiger partial charge on any atom is -0.267 e. The molecule has 0 radical (unpaired) electrons. The number of hydrogen-bond donors (Lipinski definition) is 0. The van der Waals surface area contributed by atoms with Crippen LogP contribution in [0.4, 0.5) is 0 Å². The zero-order chi connectivity index (χ0) is 6.41. The first kappa shape index (κ1) is 6.21. The number of nitrogens with zero attached hydrogens (tertiary/aromatic N) is 2. The number of hydrogen-bond acceptors (Lipinski definition) is 3. The van der Waals surface area contributed by atoms with Gasteiger partial charge in [0.2, 0.25) is 0 Å². The number of nitriles is 2. The van der Waals surface area contributed by atoms with Crippen LogP contribution < -0.4 is 0 Å². The van der Waals surface area contributed by atoms with Crippen molar-refractivity contribution < 1.29 is 4.79 Å². The standard InChI is InChI=1S/C5N2O/c6-3-1-2-5(8)4-7. The summed E-state index contributed by atoms with van der Waals surface area (Å²) in [5.41, 5.74) is 0. The van der Waals surface area contributed by atoms with Gasteiger partial charge >= 0.3 is 5.78 Å². The van der Waals surface area contributed by atoms with Crippen molar-refractivity contribution in [1.29, 1.82) is 10.5 Å². The fourth-order valence-corrected chi connectivity index (χ4v) is 0.113. The molecule has 36 valence electrons. The van der Waals surface area contributed by atoms with Gasteiger partial charge in [0.25, 0.3) is 0 Å². The Morgan fingerprint density at radius 1 is 1.38 bits per heavy atom. The van der Waals surface area contributed by atoms with Gasteiger partial charge in [-0.1, -0.05) is 0 Å². The Morgan fingerprint density at radius 2 is 2.00 bits per heavy atom. The first-order chi connectivity index (χ1) is 3.81. The maximum atomic E-state index is 9.88. The van der Waals surface area contributed by atoms with Crippen LogP contribution in [0.3, 0.4) is 0 Å². The average molecular weight is 104 g/mol. The summed E-state index contributed by atoms with van der Waals surface area (Å²) in [7, 11) is 0. The Hall–Kier alpha value is -1.79. The first-order valence-electron chi connectivity index (χ1n) is 1.65. The topological polar surface area (TPSA) is 64.7 Å². The molecule has 0 unspecified atom stereocenters. The molecule has 0 fully saturated rings. The highest BCUT2D eigenvalue weighted by Gasteiger charge is 1.85. The lowest BCUT2D eigenvalue weighted by atomic mass is 10.4. The van der Waals surface area contributed by atoms with E-state index in [9.17, 15) is 4.79 Å². The molecule has 0 aliphatic carbocycles. The largest absolute Gasteiger partial charge is 0.306 e. The molecule has 0 aromatic rings. The molecule has 0 saturated heterocycles. The van der Waals surface area contributed by atoms with E-state index in [2.05, 4.69) is 0 Å². The SMILES string of the molecule is N#CC#CC(=O)C#N. The van der Waals surface area contributed by atoms with Crippen molar-refractivity contribution in [1.82, 2.24) is 0 Å². The van der Waals surface area contributed by atoms with Gasteiger partial charge in [0, 0.05) is 11.8 Å². The number of ketones is 1. The monoisotopic (exact) mass is 104 g/mol. The summed E-state index contributed by atoms with van der Waals surface area (Å²) in [6, 6.07) is 2.64. The minimum absolute atomic E-state index is 0.883. The molecule has 0 saturated carbocycles. The molecule has 0 atom stereocenters. The number of rotatable bonds is 0. The lowest BCUT2D eigenvalue weighted by molar-refractivity contribution is -0.109. The van der Waals surface area contributed by atoms with Gasteiger partial charge in [-0.15, -0.1) is 0 Å². The molecule has 0 aliphatic heterocycles. The van der Waals surface area contributed by atoms with E-state index >= 15 is 0 Å². The molecule has 0 aliphatic rings.